The predicted molar refractivity (Wildman–Crippen MR) is 84.8 cm³/mol. The highest BCUT2D eigenvalue weighted by Gasteiger charge is 2.38. The third-order valence-corrected chi connectivity index (χ3v) is 3.83. The first-order valence-corrected chi connectivity index (χ1v) is 7.39. The Bertz CT molecular complexity index is 660. The van der Waals surface area contributed by atoms with Crippen LogP contribution in [0.1, 0.15) is 13.3 Å². The maximum atomic E-state index is 12.3. The number of carbonyl (C=O) groups excluding carboxylic acids is 3. The lowest BCUT2D eigenvalue weighted by molar-refractivity contribution is -0.157. The van der Waals surface area contributed by atoms with Crippen molar-refractivity contribution in [3.63, 3.8) is 0 Å². The van der Waals surface area contributed by atoms with Crippen LogP contribution in [0.15, 0.2) is 18.2 Å². The fourth-order valence-electron chi connectivity index (χ4n) is 2.43. The van der Waals surface area contributed by atoms with Crippen LogP contribution in [0.4, 0.5) is 5.69 Å². The second-order valence-electron chi connectivity index (χ2n) is 5.42. The van der Waals surface area contributed by atoms with Gasteiger partial charge in [0.2, 0.25) is 5.91 Å². The number of methoxy groups -OCH3 is 2. The molecule has 2 N–H and O–H groups in total. The number of hydrogen-bond acceptors (Lipinski definition) is 6. The molecule has 2 atom stereocenters. The van der Waals surface area contributed by atoms with E-state index in [0.717, 1.165) is 0 Å². The molecule has 1 aromatic rings. The van der Waals surface area contributed by atoms with Gasteiger partial charge in [-0.15, -0.1) is 0 Å². The van der Waals surface area contributed by atoms with Crippen molar-refractivity contribution in [3.8, 4) is 11.5 Å². The summed E-state index contributed by atoms with van der Waals surface area (Å²) in [6, 6.07) is 5.05. The Morgan fingerprint density at radius 3 is 2.58 bits per heavy atom. The first-order valence-electron chi connectivity index (χ1n) is 7.39. The van der Waals surface area contributed by atoms with E-state index in [1.54, 1.807) is 18.2 Å². The van der Waals surface area contributed by atoms with Gasteiger partial charge >= 0.3 is 5.97 Å². The van der Waals surface area contributed by atoms with Gasteiger partial charge in [-0.3, -0.25) is 14.4 Å². The second-order valence-corrected chi connectivity index (χ2v) is 5.42. The topological polar surface area (TPSA) is 108 Å². The SMILES string of the molecule is COc1ccc(N2C[C@@H](C(=O)O[C@@H](C)C(N)=O)CC2=O)c(OC)c1. The molecule has 130 valence electrons. The monoisotopic (exact) mass is 336 g/mol. The summed E-state index contributed by atoms with van der Waals surface area (Å²) in [4.78, 5) is 36.8. The minimum absolute atomic E-state index is 0.000497. The average molecular weight is 336 g/mol. The van der Waals surface area contributed by atoms with Crippen LogP contribution in [0.5, 0.6) is 11.5 Å². The molecule has 8 nitrogen and oxygen atoms in total. The number of rotatable bonds is 6. The summed E-state index contributed by atoms with van der Waals surface area (Å²) < 4.78 is 15.4. The molecule has 1 heterocycles. The number of carbonyl (C=O) groups is 3. The number of ether oxygens (including phenoxy) is 3. The highest BCUT2D eigenvalue weighted by atomic mass is 16.5. The molecule has 1 aliphatic heterocycles. The molecule has 0 bridgehead atoms. The van der Waals surface area contributed by atoms with Crippen molar-refractivity contribution in [2.75, 3.05) is 25.7 Å². The molecule has 24 heavy (non-hydrogen) atoms. The quantitative estimate of drug-likeness (QED) is 0.757. The molecule has 0 aliphatic carbocycles. The lowest BCUT2D eigenvalue weighted by Gasteiger charge is -2.20. The minimum atomic E-state index is -1.03. The molecular weight excluding hydrogens is 316 g/mol. The van der Waals surface area contributed by atoms with Crippen LogP contribution < -0.4 is 20.1 Å². The molecule has 8 heteroatoms. The van der Waals surface area contributed by atoms with Crippen molar-refractivity contribution in [1.29, 1.82) is 0 Å². The van der Waals surface area contributed by atoms with Crippen molar-refractivity contribution >= 4 is 23.5 Å². The summed E-state index contributed by atoms with van der Waals surface area (Å²) in [5.41, 5.74) is 5.62. The Hall–Kier alpha value is -2.77. The molecule has 0 spiro atoms. The molecule has 2 amide bonds. The Morgan fingerprint density at radius 2 is 2.00 bits per heavy atom. The molecule has 0 radical (unpaired) electrons. The van der Waals surface area contributed by atoms with Gasteiger partial charge in [-0.05, 0) is 19.1 Å². The summed E-state index contributed by atoms with van der Waals surface area (Å²) in [5.74, 6) is -1.19. The zero-order valence-corrected chi connectivity index (χ0v) is 13.8. The van der Waals surface area contributed by atoms with Crippen molar-refractivity contribution in [3.05, 3.63) is 18.2 Å². The fourth-order valence-corrected chi connectivity index (χ4v) is 2.43. The summed E-state index contributed by atoms with van der Waals surface area (Å²) in [6.45, 7) is 1.53. The van der Waals surface area contributed by atoms with E-state index in [4.69, 9.17) is 19.9 Å². The van der Waals surface area contributed by atoms with Gasteiger partial charge in [0, 0.05) is 19.0 Å². The van der Waals surface area contributed by atoms with Crippen LogP contribution in [0, 0.1) is 5.92 Å². The van der Waals surface area contributed by atoms with E-state index in [0.29, 0.717) is 17.2 Å². The Balaban J connectivity index is 2.15. The zero-order chi connectivity index (χ0) is 17.9. The van der Waals surface area contributed by atoms with Crippen molar-refractivity contribution < 1.29 is 28.6 Å². The van der Waals surface area contributed by atoms with Gasteiger partial charge < -0.3 is 24.8 Å². The van der Waals surface area contributed by atoms with E-state index >= 15 is 0 Å². The largest absolute Gasteiger partial charge is 0.497 e. The Morgan fingerprint density at radius 1 is 1.29 bits per heavy atom. The smallest absolute Gasteiger partial charge is 0.312 e. The van der Waals surface area contributed by atoms with E-state index in [2.05, 4.69) is 0 Å². The van der Waals surface area contributed by atoms with Crippen LogP contribution in [-0.4, -0.2) is 44.7 Å². The average Bonchev–Trinajstić information content (AvgIpc) is 2.95. The normalized spacial score (nSPS) is 18.2. The van der Waals surface area contributed by atoms with E-state index in [1.807, 2.05) is 0 Å². The summed E-state index contributed by atoms with van der Waals surface area (Å²) in [6.07, 6.45) is -1.03. The zero-order valence-electron chi connectivity index (χ0n) is 13.8. The van der Waals surface area contributed by atoms with Gasteiger partial charge in [-0.2, -0.15) is 0 Å². The number of benzene rings is 1. The highest BCUT2D eigenvalue weighted by molar-refractivity contribution is 6.00. The molecular formula is C16H20N2O6. The van der Waals surface area contributed by atoms with Gasteiger partial charge in [0.05, 0.1) is 25.8 Å². The third kappa shape index (κ3) is 3.58. The fraction of sp³-hybridized carbons (Fsp3) is 0.438. The maximum absolute atomic E-state index is 12.3. The minimum Gasteiger partial charge on any atom is -0.497 e. The van der Waals surface area contributed by atoms with Gasteiger partial charge in [-0.1, -0.05) is 0 Å². The van der Waals surface area contributed by atoms with E-state index < -0.39 is 23.9 Å². The summed E-state index contributed by atoms with van der Waals surface area (Å²) in [7, 11) is 3.01. The third-order valence-electron chi connectivity index (χ3n) is 3.83. The van der Waals surface area contributed by atoms with Crippen LogP contribution in [0.2, 0.25) is 0 Å². The summed E-state index contributed by atoms with van der Waals surface area (Å²) >= 11 is 0. The number of nitrogens with two attached hydrogens (primary N) is 1. The van der Waals surface area contributed by atoms with Gasteiger partial charge in [0.25, 0.3) is 5.91 Å². The molecule has 1 aromatic carbocycles. The van der Waals surface area contributed by atoms with Crippen molar-refractivity contribution in [2.45, 2.75) is 19.4 Å². The number of primary amides is 1. The lowest BCUT2D eigenvalue weighted by Crippen LogP contribution is -2.33. The number of anilines is 1. The number of esters is 1. The van der Waals surface area contributed by atoms with Crippen LogP contribution >= 0.6 is 0 Å². The molecule has 0 aromatic heterocycles. The first kappa shape index (κ1) is 17.6. The molecule has 0 saturated carbocycles. The summed E-state index contributed by atoms with van der Waals surface area (Å²) in [5, 5.41) is 0. The van der Waals surface area contributed by atoms with Crippen LogP contribution in [0.3, 0.4) is 0 Å². The van der Waals surface area contributed by atoms with Crippen LogP contribution in [-0.2, 0) is 19.1 Å². The standard InChI is InChI=1S/C16H20N2O6/c1-9(15(17)20)24-16(21)10-6-14(19)18(8-10)12-5-4-11(22-2)7-13(12)23-3/h4-5,7,9-10H,6,8H2,1-3H3,(H2,17,20)/t9-,10-/m0/s1. The van der Waals surface area contributed by atoms with Crippen molar-refractivity contribution in [2.24, 2.45) is 11.7 Å². The molecule has 1 saturated heterocycles. The van der Waals surface area contributed by atoms with Gasteiger partial charge in [0.15, 0.2) is 6.10 Å². The Kier molecular flexibility index (Phi) is 5.28. The van der Waals surface area contributed by atoms with Gasteiger partial charge in [0.1, 0.15) is 11.5 Å². The molecule has 1 fully saturated rings. The predicted octanol–water partition coefficient (Wildman–Crippen LogP) is 0.474. The number of nitrogens with zero attached hydrogens (tertiary/aromatic N) is 1. The molecule has 0 unspecified atom stereocenters. The number of amides is 2. The van der Waals surface area contributed by atoms with E-state index in [1.165, 1.54) is 26.0 Å². The highest BCUT2D eigenvalue weighted by Crippen LogP contribution is 2.36. The van der Waals surface area contributed by atoms with E-state index in [-0.39, 0.29) is 18.9 Å². The lowest BCUT2D eigenvalue weighted by atomic mass is 10.1. The van der Waals surface area contributed by atoms with E-state index in [9.17, 15) is 14.4 Å². The molecule has 2 rings (SSSR count). The molecule has 1 aliphatic rings. The maximum Gasteiger partial charge on any atom is 0.312 e. The van der Waals surface area contributed by atoms with Crippen LogP contribution in [0.25, 0.3) is 0 Å². The number of hydrogen-bond donors (Lipinski definition) is 1. The first-order chi connectivity index (χ1) is 11.4. The second kappa shape index (κ2) is 7.20. The van der Waals surface area contributed by atoms with Gasteiger partial charge in [-0.25, -0.2) is 0 Å². The van der Waals surface area contributed by atoms with Crippen molar-refractivity contribution in [1.82, 2.24) is 0 Å². The Labute approximate surface area is 139 Å².